The molecule has 1 aliphatic carbocycles. The quantitative estimate of drug-likeness (QED) is 0.569. The number of nitrogens with one attached hydrogen (secondary N) is 1. The highest BCUT2D eigenvalue weighted by Gasteiger charge is 2.34. The molecule has 0 fully saturated rings. The number of rotatable bonds is 6. The number of hydrogen-bond donors (Lipinski definition) is 2. The summed E-state index contributed by atoms with van der Waals surface area (Å²) in [5.74, 6) is -1.64. The Bertz CT molecular complexity index is 1150. The molecule has 2 atom stereocenters. The number of aliphatic carboxylic acids is 1. The third-order valence-corrected chi connectivity index (χ3v) is 5.91. The van der Waals surface area contributed by atoms with E-state index in [4.69, 9.17) is 11.6 Å². The van der Waals surface area contributed by atoms with Gasteiger partial charge in [0, 0.05) is 29.6 Å². The van der Waals surface area contributed by atoms with E-state index in [1.54, 1.807) is 24.3 Å². The number of fused-ring (bicyclic) bond motifs is 1. The van der Waals surface area contributed by atoms with E-state index in [0.717, 1.165) is 5.69 Å². The van der Waals surface area contributed by atoms with Gasteiger partial charge in [-0.15, -0.1) is 24.8 Å². The van der Waals surface area contributed by atoms with Gasteiger partial charge in [0.25, 0.3) is 5.91 Å². The molecule has 33 heavy (non-hydrogen) atoms. The number of halogens is 4. The standard InChI is InChI=1S/C23H20ClF3N2O4/c24-9-8-16-12-28-21(30)19-11-18(15-2-1-3-17(10-15)33-23(25,26)27)20(29(16)19)13-4-6-14(7-5-13)22(31)32/h1-4,6-7,10-11,13,16H,5,8-9,12H2,(H,28,30)(H,31,32). The number of alkyl halides is 4. The molecule has 0 saturated heterocycles. The second-order valence-corrected chi connectivity index (χ2v) is 8.16. The lowest BCUT2D eigenvalue weighted by atomic mass is 9.89. The summed E-state index contributed by atoms with van der Waals surface area (Å²) < 4.78 is 44.3. The highest BCUT2D eigenvalue weighted by molar-refractivity contribution is 6.17. The van der Waals surface area contributed by atoms with E-state index in [-0.39, 0.29) is 29.2 Å². The Morgan fingerprint density at radius 1 is 1.30 bits per heavy atom. The number of carboxylic acids is 1. The molecule has 1 amide bonds. The van der Waals surface area contributed by atoms with Crippen molar-refractivity contribution in [3.05, 3.63) is 65.5 Å². The van der Waals surface area contributed by atoms with Gasteiger partial charge in [-0.1, -0.05) is 30.4 Å². The van der Waals surface area contributed by atoms with Crippen molar-refractivity contribution in [2.24, 2.45) is 0 Å². The van der Waals surface area contributed by atoms with Gasteiger partial charge in [-0.3, -0.25) is 4.79 Å². The Kier molecular flexibility index (Phi) is 6.25. The number of benzene rings is 1. The molecule has 2 aromatic rings. The summed E-state index contributed by atoms with van der Waals surface area (Å²) in [7, 11) is 0. The van der Waals surface area contributed by atoms with Gasteiger partial charge in [0.15, 0.2) is 0 Å². The first-order valence-corrected chi connectivity index (χ1v) is 10.8. The molecule has 1 aromatic carbocycles. The molecule has 2 unspecified atom stereocenters. The zero-order valence-electron chi connectivity index (χ0n) is 17.2. The summed E-state index contributed by atoms with van der Waals surface area (Å²) in [5, 5.41) is 12.1. The second kappa shape index (κ2) is 8.97. The highest BCUT2D eigenvalue weighted by atomic mass is 35.5. The van der Waals surface area contributed by atoms with Crippen molar-refractivity contribution >= 4 is 23.5 Å². The fourth-order valence-electron chi connectivity index (χ4n) is 4.31. The van der Waals surface area contributed by atoms with Crippen LogP contribution in [0.25, 0.3) is 11.1 Å². The minimum atomic E-state index is -4.84. The lowest BCUT2D eigenvalue weighted by Gasteiger charge is -2.30. The Morgan fingerprint density at radius 3 is 2.73 bits per heavy atom. The zero-order chi connectivity index (χ0) is 23.8. The maximum Gasteiger partial charge on any atom is 0.573 e. The minimum Gasteiger partial charge on any atom is -0.478 e. The molecule has 0 bridgehead atoms. The van der Waals surface area contributed by atoms with Crippen LogP contribution in [0.3, 0.4) is 0 Å². The average Bonchev–Trinajstić information content (AvgIpc) is 3.17. The number of carbonyl (C=O) groups excluding carboxylic acids is 1. The number of ether oxygens (including phenoxy) is 1. The lowest BCUT2D eigenvalue weighted by molar-refractivity contribution is -0.274. The van der Waals surface area contributed by atoms with Gasteiger partial charge in [0.05, 0.1) is 11.6 Å². The van der Waals surface area contributed by atoms with E-state index in [2.05, 4.69) is 10.1 Å². The predicted octanol–water partition coefficient (Wildman–Crippen LogP) is 5.02. The molecule has 2 aliphatic rings. The third-order valence-electron chi connectivity index (χ3n) is 5.69. The summed E-state index contributed by atoms with van der Waals surface area (Å²) in [5.41, 5.74) is 2.29. The molecule has 2 heterocycles. The van der Waals surface area contributed by atoms with Crippen LogP contribution >= 0.6 is 11.6 Å². The van der Waals surface area contributed by atoms with E-state index in [9.17, 15) is 27.9 Å². The Hall–Kier alpha value is -3.20. The van der Waals surface area contributed by atoms with Gasteiger partial charge in [0.1, 0.15) is 11.4 Å². The van der Waals surface area contributed by atoms with Gasteiger partial charge in [-0.05, 0) is 36.6 Å². The Balaban J connectivity index is 1.85. The maximum atomic E-state index is 12.8. The molecule has 0 saturated carbocycles. The van der Waals surface area contributed by atoms with Crippen LogP contribution in [0.5, 0.6) is 5.75 Å². The van der Waals surface area contributed by atoms with Crippen LogP contribution in [-0.2, 0) is 4.79 Å². The molecule has 2 N–H and O–H groups in total. The Morgan fingerprint density at radius 2 is 2.09 bits per heavy atom. The molecule has 6 nitrogen and oxygen atoms in total. The number of nitrogens with zero attached hydrogens (tertiary/aromatic N) is 1. The SMILES string of the molecule is O=C(O)C1=CCC(c2c(-c3cccc(OC(F)(F)F)c3)cc3n2C(CCCl)CNC3=O)C=C1. The smallest absolute Gasteiger partial charge is 0.478 e. The van der Waals surface area contributed by atoms with E-state index in [1.807, 2.05) is 4.57 Å². The topological polar surface area (TPSA) is 80.6 Å². The number of carboxylic acid groups (broad SMARTS) is 1. The van der Waals surface area contributed by atoms with Crippen LogP contribution in [0.4, 0.5) is 13.2 Å². The van der Waals surface area contributed by atoms with E-state index < -0.39 is 12.3 Å². The van der Waals surface area contributed by atoms with Crippen molar-refractivity contribution < 1.29 is 32.6 Å². The number of amides is 1. The number of allylic oxidation sites excluding steroid dienone is 2. The second-order valence-electron chi connectivity index (χ2n) is 7.78. The maximum absolute atomic E-state index is 12.8. The molecule has 10 heteroatoms. The first-order chi connectivity index (χ1) is 15.7. The number of aromatic nitrogens is 1. The van der Waals surface area contributed by atoms with Crippen molar-refractivity contribution in [1.29, 1.82) is 0 Å². The van der Waals surface area contributed by atoms with Crippen LogP contribution in [0.2, 0.25) is 0 Å². The predicted molar refractivity (Wildman–Crippen MR) is 115 cm³/mol. The fourth-order valence-corrected chi connectivity index (χ4v) is 4.56. The van der Waals surface area contributed by atoms with Gasteiger partial charge in [0.2, 0.25) is 0 Å². The van der Waals surface area contributed by atoms with Gasteiger partial charge in [-0.2, -0.15) is 0 Å². The summed E-state index contributed by atoms with van der Waals surface area (Å²) >= 11 is 6.00. The fraction of sp³-hybridized carbons (Fsp3) is 0.304. The van der Waals surface area contributed by atoms with Crippen LogP contribution < -0.4 is 10.1 Å². The van der Waals surface area contributed by atoms with E-state index in [1.165, 1.54) is 24.3 Å². The van der Waals surface area contributed by atoms with Crippen LogP contribution in [-0.4, -0.2) is 40.3 Å². The van der Waals surface area contributed by atoms with Gasteiger partial charge in [-0.25, -0.2) is 4.79 Å². The lowest BCUT2D eigenvalue weighted by Crippen LogP contribution is -2.39. The molecular weight excluding hydrogens is 461 g/mol. The third kappa shape index (κ3) is 4.78. The minimum absolute atomic E-state index is 0.146. The zero-order valence-corrected chi connectivity index (χ0v) is 18.0. The monoisotopic (exact) mass is 480 g/mol. The largest absolute Gasteiger partial charge is 0.573 e. The summed E-state index contributed by atoms with van der Waals surface area (Å²) in [6.45, 7) is 0.365. The summed E-state index contributed by atoms with van der Waals surface area (Å²) in [4.78, 5) is 24.0. The van der Waals surface area contributed by atoms with Crippen LogP contribution in [0, 0.1) is 0 Å². The van der Waals surface area contributed by atoms with Gasteiger partial charge < -0.3 is 19.7 Å². The molecule has 0 radical (unpaired) electrons. The first-order valence-electron chi connectivity index (χ1n) is 10.2. The molecule has 0 spiro atoms. The Labute approximate surface area is 192 Å². The molecule has 174 valence electrons. The van der Waals surface area contributed by atoms with Crippen molar-refractivity contribution in [2.75, 3.05) is 12.4 Å². The molecule has 1 aliphatic heterocycles. The molecule has 1 aromatic heterocycles. The van der Waals surface area contributed by atoms with Crippen molar-refractivity contribution in [2.45, 2.75) is 31.2 Å². The highest BCUT2D eigenvalue weighted by Crippen LogP contribution is 2.41. The number of hydrogen-bond acceptors (Lipinski definition) is 3. The van der Waals surface area contributed by atoms with E-state index in [0.29, 0.717) is 42.1 Å². The normalized spacial score (nSPS) is 20.1. The molecule has 4 rings (SSSR count). The average molecular weight is 481 g/mol. The van der Waals surface area contributed by atoms with Crippen molar-refractivity contribution in [3.8, 4) is 16.9 Å². The number of carbonyl (C=O) groups is 2. The van der Waals surface area contributed by atoms with Gasteiger partial charge >= 0.3 is 12.3 Å². The summed E-state index contributed by atoms with van der Waals surface area (Å²) in [6.07, 6.45) is 0.942. The van der Waals surface area contributed by atoms with Crippen molar-refractivity contribution in [1.82, 2.24) is 9.88 Å². The van der Waals surface area contributed by atoms with Crippen molar-refractivity contribution in [3.63, 3.8) is 0 Å². The first kappa shape index (κ1) is 23.0. The van der Waals surface area contributed by atoms with Crippen LogP contribution in [0.15, 0.2) is 54.1 Å². The van der Waals surface area contributed by atoms with Crippen LogP contribution in [0.1, 0.15) is 41.0 Å². The molecular formula is C23H20ClF3N2O4. The van der Waals surface area contributed by atoms with E-state index >= 15 is 0 Å². The summed E-state index contributed by atoms with van der Waals surface area (Å²) in [6, 6.07) is 7.09.